The van der Waals surface area contributed by atoms with Crippen LogP contribution in [0.4, 0.5) is 22.4 Å². The number of hydrogen-bond donors (Lipinski definition) is 2. The van der Waals surface area contributed by atoms with Gasteiger partial charge in [-0.05, 0) is 19.1 Å². The number of amides is 2. The molecule has 2 aromatic rings. The maximum Gasteiger partial charge on any atom is 0.418 e. The van der Waals surface area contributed by atoms with Gasteiger partial charge in [-0.15, -0.1) is 5.10 Å². The number of alkyl halides is 3. The topological polar surface area (TPSA) is 71.3 Å². The summed E-state index contributed by atoms with van der Waals surface area (Å²) < 4.78 is 54.0. The van der Waals surface area contributed by atoms with Gasteiger partial charge in [-0.3, -0.25) is 0 Å². The van der Waals surface area contributed by atoms with Crippen molar-refractivity contribution in [3.8, 4) is 5.69 Å². The van der Waals surface area contributed by atoms with Gasteiger partial charge in [0.15, 0.2) is 0 Å². The Balaban J connectivity index is 2.10. The molecule has 126 valence electrons. The highest BCUT2D eigenvalue weighted by Gasteiger charge is 2.35. The molecule has 0 saturated heterocycles. The summed E-state index contributed by atoms with van der Waals surface area (Å²) in [5.74, 6) is -0.885. The molecule has 2 N–H and O–H groups in total. The van der Waals surface area contributed by atoms with Gasteiger partial charge in [0.25, 0.3) is 0 Å². The molecule has 2 amide bonds. The van der Waals surface area contributed by atoms with Crippen molar-refractivity contribution in [3.63, 3.8) is 0 Å². The molecule has 10 heteroatoms. The van der Waals surface area contributed by atoms with Gasteiger partial charge in [0.1, 0.15) is 0 Å². The molecule has 0 saturated carbocycles. The van der Waals surface area contributed by atoms with Gasteiger partial charge < -0.3 is 5.32 Å². The Labute approximate surface area is 133 Å². The van der Waals surface area contributed by atoms with Gasteiger partial charge in [0.2, 0.25) is 5.95 Å². The zero-order chi connectivity index (χ0) is 17.5. The van der Waals surface area contributed by atoms with Crippen LogP contribution in [0, 0.1) is 5.95 Å². The van der Waals surface area contributed by atoms with Crippen LogP contribution in [0.5, 0.6) is 0 Å². The Hall–Kier alpha value is -2.91. The summed E-state index contributed by atoms with van der Waals surface area (Å²) >= 11 is 0. The van der Waals surface area contributed by atoms with E-state index in [1.807, 2.05) is 0 Å². The average molecular weight is 341 g/mol. The van der Waals surface area contributed by atoms with Crippen LogP contribution in [0.2, 0.25) is 0 Å². The Bertz CT molecular complexity index is 827. The number of rotatable bonds is 2. The molecule has 0 aliphatic carbocycles. The normalized spacial score (nSPS) is 18.0. The lowest BCUT2D eigenvalue weighted by Gasteiger charge is -2.22. The van der Waals surface area contributed by atoms with Crippen molar-refractivity contribution >= 4 is 11.7 Å². The molecule has 3 rings (SSSR count). The zero-order valence-electron chi connectivity index (χ0n) is 12.2. The number of carbonyl (C=O) groups is 1. The van der Waals surface area contributed by atoms with E-state index in [4.69, 9.17) is 0 Å². The smallest absolute Gasteiger partial charge is 0.328 e. The van der Waals surface area contributed by atoms with Gasteiger partial charge in [-0.2, -0.15) is 22.7 Å². The van der Waals surface area contributed by atoms with Crippen molar-refractivity contribution < 1.29 is 22.4 Å². The Morgan fingerprint density at radius 2 is 2.00 bits per heavy atom. The van der Waals surface area contributed by atoms with Gasteiger partial charge in [0, 0.05) is 17.8 Å². The van der Waals surface area contributed by atoms with E-state index in [2.05, 4.69) is 20.9 Å². The molecule has 6 nitrogen and oxygen atoms in total. The highest BCUT2D eigenvalue weighted by Crippen LogP contribution is 2.34. The minimum absolute atomic E-state index is 0.179. The van der Waals surface area contributed by atoms with Crippen molar-refractivity contribution in [2.45, 2.75) is 19.1 Å². The average Bonchev–Trinajstić information content (AvgIpc) is 2.92. The molecule has 2 heterocycles. The highest BCUT2D eigenvalue weighted by molar-refractivity contribution is 6.07. The molecular formula is C14H11F4N5O. The fourth-order valence-corrected chi connectivity index (χ4v) is 2.38. The molecule has 1 aliphatic rings. The van der Waals surface area contributed by atoms with Gasteiger partial charge in [0.05, 0.1) is 23.0 Å². The fourth-order valence-electron chi connectivity index (χ4n) is 2.38. The second-order valence-corrected chi connectivity index (χ2v) is 5.12. The van der Waals surface area contributed by atoms with Crippen molar-refractivity contribution in [1.82, 2.24) is 20.5 Å². The zero-order valence-corrected chi connectivity index (χ0v) is 12.2. The van der Waals surface area contributed by atoms with Crippen molar-refractivity contribution in [1.29, 1.82) is 0 Å². The van der Waals surface area contributed by atoms with Crippen LogP contribution in [-0.4, -0.2) is 27.6 Å². The molecule has 0 unspecified atom stereocenters. The first-order valence-corrected chi connectivity index (χ1v) is 6.83. The molecule has 0 spiro atoms. The van der Waals surface area contributed by atoms with Crippen LogP contribution in [0.25, 0.3) is 5.69 Å². The van der Waals surface area contributed by atoms with Gasteiger partial charge in [-0.1, -0.05) is 6.07 Å². The van der Waals surface area contributed by atoms with Crippen LogP contribution in [-0.2, 0) is 6.18 Å². The van der Waals surface area contributed by atoms with E-state index < -0.39 is 29.8 Å². The van der Waals surface area contributed by atoms with Crippen LogP contribution in [0.1, 0.15) is 18.1 Å². The second kappa shape index (κ2) is 5.62. The number of benzene rings is 1. The van der Waals surface area contributed by atoms with Gasteiger partial charge in [-0.25, -0.2) is 14.9 Å². The quantitative estimate of drug-likeness (QED) is 0.824. The largest absolute Gasteiger partial charge is 0.418 e. The number of carbonyl (C=O) groups excluding carboxylic acids is 1. The standard InChI is InChI=1S/C14H11F4N5O/c1-7-12(20-21-13(24)19-7)8-2-3-10(9(6-8)14(16,17)18)23-5-4-11(15)22-23/h2-7H,1H3,(H2,19,21,24)/t7-/m0/s1. The first-order valence-electron chi connectivity index (χ1n) is 6.83. The third-order valence-electron chi connectivity index (χ3n) is 3.44. The molecule has 1 atom stereocenters. The van der Waals surface area contributed by atoms with Crippen LogP contribution in [0.15, 0.2) is 35.6 Å². The molecule has 1 aromatic heterocycles. The van der Waals surface area contributed by atoms with E-state index in [1.165, 1.54) is 12.1 Å². The minimum atomic E-state index is -4.68. The lowest BCUT2D eigenvalue weighted by atomic mass is 10.00. The van der Waals surface area contributed by atoms with Crippen LogP contribution >= 0.6 is 0 Å². The van der Waals surface area contributed by atoms with E-state index in [-0.39, 0.29) is 17.0 Å². The maximum atomic E-state index is 13.4. The molecule has 0 fully saturated rings. The number of nitrogens with zero attached hydrogens (tertiary/aromatic N) is 3. The van der Waals surface area contributed by atoms with Crippen LogP contribution in [0.3, 0.4) is 0 Å². The summed E-state index contributed by atoms with van der Waals surface area (Å²) in [6, 6.07) is 3.33. The van der Waals surface area contributed by atoms with Crippen molar-refractivity contribution in [2.75, 3.05) is 0 Å². The first kappa shape index (κ1) is 16.0. The number of hydrazone groups is 1. The monoisotopic (exact) mass is 341 g/mol. The van der Waals surface area contributed by atoms with Gasteiger partial charge >= 0.3 is 12.2 Å². The Morgan fingerprint density at radius 3 is 2.58 bits per heavy atom. The summed E-state index contributed by atoms with van der Waals surface area (Å²) in [5.41, 5.74) is 1.29. The summed E-state index contributed by atoms with van der Waals surface area (Å²) in [4.78, 5) is 11.2. The number of hydrogen-bond acceptors (Lipinski definition) is 3. The molecule has 1 aromatic carbocycles. The van der Waals surface area contributed by atoms with E-state index in [9.17, 15) is 22.4 Å². The maximum absolute atomic E-state index is 13.4. The van der Waals surface area contributed by atoms with E-state index >= 15 is 0 Å². The number of halogens is 4. The summed E-state index contributed by atoms with van der Waals surface area (Å²) in [6.07, 6.45) is -3.58. The lowest BCUT2D eigenvalue weighted by molar-refractivity contribution is -0.137. The number of urea groups is 1. The summed E-state index contributed by atoms with van der Waals surface area (Å²) in [5, 5.41) is 9.68. The summed E-state index contributed by atoms with van der Waals surface area (Å²) in [6.45, 7) is 1.60. The Kier molecular flexibility index (Phi) is 3.74. The third-order valence-corrected chi connectivity index (χ3v) is 3.44. The fraction of sp³-hybridized carbons (Fsp3) is 0.214. The highest BCUT2D eigenvalue weighted by atomic mass is 19.4. The number of nitrogens with one attached hydrogen (secondary N) is 2. The molecule has 0 bridgehead atoms. The first-order chi connectivity index (χ1) is 11.3. The molecule has 1 aliphatic heterocycles. The summed E-state index contributed by atoms with van der Waals surface area (Å²) in [7, 11) is 0. The minimum Gasteiger partial charge on any atom is -0.328 e. The van der Waals surface area contributed by atoms with Crippen molar-refractivity contribution in [3.05, 3.63) is 47.5 Å². The third kappa shape index (κ3) is 2.94. The van der Waals surface area contributed by atoms with E-state index in [0.29, 0.717) is 0 Å². The molecular weight excluding hydrogens is 330 g/mol. The molecule has 24 heavy (non-hydrogen) atoms. The number of aromatic nitrogens is 2. The second-order valence-electron chi connectivity index (χ2n) is 5.12. The van der Waals surface area contributed by atoms with E-state index in [1.54, 1.807) is 6.92 Å². The van der Waals surface area contributed by atoms with E-state index in [0.717, 1.165) is 23.0 Å². The van der Waals surface area contributed by atoms with Crippen molar-refractivity contribution in [2.24, 2.45) is 5.10 Å². The Morgan fingerprint density at radius 1 is 1.25 bits per heavy atom. The molecule has 0 radical (unpaired) electrons. The predicted molar refractivity (Wildman–Crippen MR) is 76.2 cm³/mol. The predicted octanol–water partition coefficient (Wildman–Crippen LogP) is 2.44. The lowest BCUT2D eigenvalue weighted by Crippen LogP contribution is -2.48. The SMILES string of the molecule is C[C@@H]1NC(=O)NN=C1c1ccc(-n2ccc(F)n2)c(C(F)(F)F)c1. The van der Waals surface area contributed by atoms with Crippen LogP contribution < -0.4 is 10.7 Å².